The van der Waals surface area contributed by atoms with E-state index in [0.717, 1.165) is 0 Å². The molecule has 0 radical (unpaired) electrons. The summed E-state index contributed by atoms with van der Waals surface area (Å²) >= 11 is 0. The van der Waals surface area contributed by atoms with Crippen molar-refractivity contribution in [2.75, 3.05) is 13.2 Å². The Morgan fingerprint density at radius 3 is 2.81 bits per heavy atom. The van der Waals surface area contributed by atoms with Gasteiger partial charge in [-0.2, -0.15) is 0 Å². The molecule has 0 saturated carbocycles. The summed E-state index contributed by atoms with van der Waals surface area (Å²) in [6.45, 7) is -0.380. The van der Waals surface area contributed by atoms with Crippen molar-refractivity contribution in [3.05, 3.63) is 36.0 Å². The number of carbonyl (C=O) groups excluding carboxylic acids is 1. The van der Waals surface area contributed by atoms with Crippen LogP contribution in [0, 0.1) is 0 Å². The van der Waals surface area contributed by atoms with Gasteiger partial charge in [-0.3, -0.25) is 14.3 Å². The van der Waals surface area contributed by atoms with Crippen molar-refractivity contribution in [3.63, 3.8) is 0 Å². The fourth-order valence-corrected chi connectivity index (χ4v) is 2.40. The molecule has 1 aromatic heterocycles. The lowest BCUT2D eigenvalue weighted by molar-refractivity contribution is -0.136. The number of aliphatic hydroxyl groups excluding tert-OH is 1. The minimum absolute atomic E-state index is 0.105. The molecule has 0 saturated heterocycles. The van der Waals surface area contributed by atoms with E-state index in [0.29, 0.717) is 29.8 Å². The molecule has 1 aromatic carbocycles. The van der Waals surface area contributed by atoms with Crippen molar-refractivity contribution < 1.29 is 24.2 Å². The SMILES string of the molecule is O=C(O)Cc1ccccc1-c1cn(CCCC(=O)NC[C@H](F)CO)nn1. The predicted octanol–water partition coefficient (Wildman–Crippen LogP) is 0.799. The summed E-state index contributed by atoms with van der Waals surface area (Å²) < 4.78 is 14.4. The lowest BCUT2D eigenvalue weighted by Crippen LogP contribution is -2.31. The first kappa shape index (κ1) is 19.5. The Balaban J connectivity index is 1.89. The maximum Gasteiger partial charge on any atom is 0.307 e. The van der Waals surface area contributed by atoms with Gasteiger partial charge in [0.2, 0.25) is 5.91 Å². The van der Waals surface area contributed by atoms with Crippen LogP contribution in [0.25, 0.3) is 11.3 Å². The molecule has 9 heteroatoms. The number of carbonyl (C=O) groups is 2. The van der Waals surface area contributed by atoms with Gasteiger partial charge >= 0.3 is 5.97 Å². The quantitative estimate of drug-likeness (QED) is 0.574. The number of nitrogens with zero attached hydrogens (tertiary/aromatic N) is 3. The van der Waals surface area contributed by atoms with Crippen LogP contribution in [0.2, 0.25) is 0 Å². The molecule has 3 N–H and O–H groups in total. The first-order chi connectivity index (χ1) is 12.5. The van der Waals surface area contributed by atoms with E-state index < -0.39 is 18.7 Å². The van der Waals surface area contributed by atoms with Gasteiger partial charge in [0.05, 0.1) is 25.8 Å². The lowest BCUT2D eigenvalue weighted by Gasteiger charge is -2.07. The van der Waals surface area contributed by atoms with Gasteiger partial charge in [0.1, 0.15) is 11.9 Å². The maximum absolute atomic E-state index is 12.8. The molecule has 1 heterocycles. The highest BCUT2D eigenvalue weighted by atomic mass is 19.1. The second kappa shape index (κ2) is 9.62. The Morgan fingerprint density at radius 1 is 1.31 bits per heavy atom. The Hall–Kier alpha value is -2.81. The van der Waals surface area contributed by atoms with E-state index in [4.69, 9.17) is 10.2 Å². The third kappa shape index (κ3) is 5.92. The number of alkyl halides is 1. The second-order valence-corrected chi connectivity index (χ2v) is 5.78. The number of carboxylic acids is 1. The predicted molar refractivity (Wildman–Crippen MR) is 91.0 cm³/mol. The molecule has 26 heavy (non-hydrogen) atoms. The summed E-state index contributed by atoms with van der Waals surface area (Å²) in [5.74, 6) is -1.22. The zero-order valence-corrected chi connectivity index (χ0v) is 14.1. The van der Waals surface area contributed by atoms with Gasteiger partial charge in [-0.1, -0.05) is 29.5 Å². The number of amides is 1. The summed E-state index contributed by atoms with van der Waals surface area (Å²) in [5.41, 5.74) is 1.92. The lowest BCUT2D eigenvalue weighted by atomic mass is 10.0. The summed E-state index contributed by atoms with van der Waals surface area (Å²) in [5, 5.41) is 28.0. The molecule has 8 nitrogen and oxygen atoms in total. The normalized spacial score (nSPS) is 11.9. The fraction of sp³-hybridized carbons (Fsp3) is 0.412. The number of hydrogen-bond donors (Lipinski definition) is 3. The number of halogens is 1. The minimum atomic E-state index is -1.46. The third-order valence-corrected chi connectivity index (χ3v) is 3.68. The smallest absolute Gasteiger partial charge is 0.307 e. The van der Waals surface area contributed by atoms with Gasteiger partial charge in [0.25, 0.3) is 0 Å². The standard InChI is InChI=1S/C17H21FN4O4/c18-13(11-23)9-19-16(24)6-3-7-22-10-15(20-21-22)14-5-2-1-4-12(14)8-17(25)26/h1-2,4-5,10,13,23H,3,6-9,11H2,(H,19,24)(H,25,26)/t13-/m0/s1. The van der Waals surface area contributed by atoms with Gasteiger partial charge in [-0.25, -0.2) is 4.39 Å². The average Bonchev–Trinajstić information content (AvgIpc) is 3.08. The highest BCUT2D eigenvalue weighted by Crippen LogP contribution is 2.21. The number of benzene rings is 1. The molecule has 0 spiro atoms. The summed E-state index contributed by atoms with van der Waals surface area (Å²) in [7, 11) is 0. The second-order valence-electron chi connectivity index (χ2n) is 5.78. The van der Waals surface area contributed by atoms with E-state index in [1.165, 1.54) is 0 Å². The maximum atomic E-state index is 12.8. The number of hydrogen-bond acceptors (Lipinski definition) is 5. The Bertz CT molecular complexity index is 750. The van der Waals surface area contributed by atoms with Gasteiger partial charge < -0.3 is 15.5 Å². The van der Waals surface area contributed by atoms with E-state index in [2.05, 4.69) is 15.6 Å². The van der Waals surface area contributed by atoms with Crippen LogP contribution < -0.4 is 5.32 Å². The van der Waals surface area contributed by atoms with Crippen LogP contribution in [0.15, 0.2) is 30.5 Å². The van der Waals surface area contributed by atoms with Crippen molar-refractivity contribution in [1.82, 2.24) is 20.3 Å². The Kier molecular flexibility index (Phi) is 7.22. The molecule has 2 rings (SSSR count). The van der Waals surface area contributed by atoms with E-state index in [-0.39, 0.29) is 25.3 Å². The highest BCUT2D eigenvalue weighted by molar-refractivity contribution is 5.76. The zero-order chi connectivity index (χ0) is 18.9. The van der Waals surface area contributed by atoms with E-state index in [9.17, 15) is 14.0 Å². The topological polar surface area (TPSA) is 117 Å². The molecule has 1 amide bonds. The van der Waals surface area contributed by atoms with Crippen molar-refractivity contribution in [1.29, 1.82) is 0 Å². The number of aryl methyl sites for hydroxylation is 1. The Morgan fingerprint density at radius 2 is 2.08 bits per heavy atom. The molecule has 0 aliphatic carbocycles. The Labute approximate surface area is 149 Å². The summed E-state index contributed by atoms with van der Waals surface area (Å²) in [6, 6.07) is 7.09. The molecule has 0 fully saturated rings. The van der Waals surface area contributed by atoms with Gasteiger partial charge in [-0.15, -0.1) is 5.10 Å². The van der Waals surface area contributed by atoms with Crippen LogP contribution in [0.5, 0.6) is 0 Å². The van der Waals surface area contributed by atoms with Gasteiger partial charge in [0, 0.05) is 18.5 Å². The third-order valence-electron chi connectivity index (χ3n) is 3.68. The molecular weight excluding hydrogens is 343 g/mol. The molecule has 0 aliphatic heterocycles. The molecule has 140 valence electrons. The molecule has 0 unspecified atom stereocenters. The molecule has 2 aromatic rings. The number of aliphatic hydroxyl groups is 1. The van der Waals surface area contributed by atoms with Crippen LogP contribution in [0.3, 0.4) is 0 Å². The van der Waals surface area contributed by atoms with E-state index in [1.807, 2.05) is 0 Å². The summed E-state index contributed by atoms with van der Waals surface area (Å²) in [4.78, 5) is 22.5. The van der Waals surface area contributed by atoms with Crippen LogP contribution >= 0.6 is 0 Å². The monoisotopic (exact) mass is 364 g/mol. The van der Waals surface area contributed by atoms with Crippen molar-refractivity contribution >= 4 is 11.9 Å². The van der Waals surface area contributed by atoms with Crippen LogP contribution in [0.4, 0.5) is 4.39 Å². The minimum Gasteiger partial charge on any atom is -0.481 e. The van der Waals surface area contributed by atoms with Crippen LogP contribution in [-0.2, 0) is 22.6 Å². The number of nitrogens with one attached hydrogen (secondary N) is 1. The fourth-order valence-electron chi connectivity index (χ4n) is 2.40. The van der Waals surface area contributed by atoms with E-state index in [1.54, 1.807) is 35.1 Å². The van der Waals surface area contributed by atoms with Crippen molar-refractivity contribution in [2.24, 2.45) is 0 Å². The number of rotatable bonds is 10. The average molecular weight is 364 g/mol. The highest BCUT2D eigenvalue weighted by Gasteiger charge is 2.12. The number of carboxylic acid groups (broad SMARTS) is 1. The van der Waals surface area contributed by atoms with Crippen molar-refractivity contribution in [2.45, 2.75) is 32.0 Å². The number of aliphatic carboxylic acids is 1. The summed E-state index contributed by atoms with van der Waals surface area (Å²) in [6.07, 6.45) is 0.821. The van der Waals surface area contributed by atoms with Crippen LogP contribution in [-0.4, -0.2) is 56.4 Å². The van der Waals surface area contributed by atoms with Gasteiger partial charge in [0.15, 0.2) is 0 Å². The first-order valence-electron chi connectivity index (χ1n) is 8.21. The molecule has 0 bridgehead atoms. The first-order valence-corrected chi connectivity index (χ1v) is 8.21. The number of aromatic nitrogens is 3. The molecular formula is C17H21FN4O4. The molecule has 1 atom stereocenters. The van der Waals surface area contributed by atoms with Crippen LogP contribution in [0.1, 0.15) is 18.4 Å². The van der Waals surface area contributed by atoms with Crippen molar-refractivity contribution in [3.8, 4) is 11.3 Å². The van der Waals surface area contributed by atoms with Gasteiger partial charge in [-0.05, 0) is 12.0 Å². The largest absolute Gasteiger partial charge is 0.481 e. The van der Waals surface area contributed by atoms with E-state index >= 15 is 0 Å². The zero-order valence-electron chi connectivity index (χ0n) is 14.1. The molecule has 0 aliphatic rings.